The van der Waals surface area contributed by atoms with E-state index in [4.69, 9.17) is 4.74 Å². The number of unbranched alkanes of at least 4 members (excludes halogenated alkanes) is 3. The molecule has 16 heavy (non-hydrogen) atoms. The summed E-state index contributed by atoms with van der Waals surface area (Å²) in [5.74, 6) is 0. The molecule has 0 unspecified atom stereocenters. The molecule has 1 aromatic rings. The second-order valence-corrected chi connectivity index (χ2v) is 3.52. The Hall–Kier alpha value is 0.283. The first-order valence-corrected chi connectivity index (χ1v) is 12.7. The van der Waals surface area contributed by atoms with Gasteiger partial charge < -0.3 is 4.74 Å². The van der Waals surface area contributed by atoms with Crippen molar-refractivity contribution in [1.29, 1.82) is 0 Å². The summed E-state index contributed by atoms with van der Waals surface area (Å²) in [4.78, 5) is 0. The predicted octanol–water partition coefficient (Wildman–Crippen LogP) is 4.43. The first kappa shape index (κ1) is 16.3. The second kappa shape index (κ2) is 13.3. The molecule has 0 heterocycles. The van der Waals surface area contributed by atoms with Crippen molar-refractivity contribution < 1.29 is 21.1 Å². The Labute approximate surface area is 116 Å². The van der Waals surface area contributed by atoms with Crippen molar-refractivity contribution in [2.24, 2.45) is 0 Å². The van der Waals surface area contributed by atoms with E-state index in [0.29, 0.717) is 0 Å². The van der Waals surface area contributed by atoms with Crippen LogP contribution in [-0.2, 0) is 27.7 Å². The first-order chi connectivity index (χ1) is 7.93. The summed E-state index contributed by atoms with van der Waals surface area (Å²) in [6.07, 6.45) is 5.08. The number of rotatable bonds is 7. The standard InChI is InChI=1S/C13H19O.BrH.Zn/c1-2-3-4-8-11-14-12-13-9-6-5-7-10-13;;/h5-6,9-10H,2-4,8,11-12H2,1H3;1H;/q-1;;+2/p-1. The number of ether oxygens (including phenoxy) is 1. The van der Waals surface area contributed by atoms with Crippen LogP contribution >= 0.6 is 13.6 Å². The van der Waals surface area contributed by atoms with Crippen molar-refractivity contribution in [3.63, 3.8) is 0 Å². The normalized spacial score (nSPS) is 9.50. The van der Waals surface area contributed by atoms with Gasteiger partial charge in [0.1, 0.15) is 0 Å². The van der Waals surface area contributed by atoms with Crippen molar-refractivity contribution in [2.45, 2.75) is 39.2 Å². The van der Waals surface area contributed by atoms with E-state index in [0.717, 1.165) is 13.2 Å². The van der Waals surface area contributed by atoms with Crippen LogP contribution in [0.2, 0.25) is 0 Å². The molecule has 0 aliphatic heterocycles. The SMILES string of the molecule is CCCCCCOCc1c[c-]ccc1.[Zn+][Br]. The topological polar surface area (TPSA) is 9.23 Å². The van der Waals surface area contributed by atoms with Crippen LogP contribution in [0.5, 0.6) is 0 Å². The van der Waals surface area contributed by atoms with Gasteiger partial charge in [0.15, 0.2) is 0 Å². The molecule has 0 bridgehead atoms. The van der Waals surface area contributed by atoms with Gasteiger partial charge in [-0.05, 0) is 6.42 Å². The summed E-state index contributed by atoms with van der Waals surface area (Å²) in [6.45, 7) is 3.83. The van der Waals surface area contributed by atoms with Crippen LogP contribution in [0.15, 0.2) is 24.3 Å². The Morgan fingerprint density at radius 2 is 2.12 bits per heavy atom. The van der Waals surface area contributed by atoms with Crippen LogP contribution in [-0.4, -0.2) is 6.61 Å². The van der Waals surface area contributed by atoms with E-state index in [1.54, 1.807) is 0 Å². The molecular weight excluding hydrogens is 317 g/mol. The Balaban J connectivity index is 0.00000106. The number of hydrogen-bond donors (Lipinski definition) is 0. The molecule has 0 aliphatic carbocycles. The Bertz CT molecular complexity index is 229. The van der Waals surface area contributed by atoms with Gasteiger partial charge in [0.25, 0.3) is 0 Å². The van der Waals surface area contributed by atoms with E-state index >= 15 is 0 Å². The molecule has 0 saturated carbocycles. The number of benzene rings is 1. The summed E-state index contributed by atoms with van der Waals surface area (Å²) >= 11 is 4.25. The zero-order valence-corrected chi connectivity index (χ0v) is 14.6. The molecule has 1 nitrogen and oxygen atoms in total. The van der Waals surface area contributed by atoms with Gasteiger partial charge in [0, 0.05) is 13.2 Å². The fourth-order valence-electron chi connectivity index (χ4n) is 1.34. The minimum absolute atomic E-state index is 0.726. The van der Waals surface area contributed by atoms with E-state index in [2.05, 4.69) is 32.7 Å². The molecule has 0 N–H and O–H groups in total. The third-order valence-corrected chi connectivity index (χ3v) is 2.18. The zero-order valence-electron chi connectivity index (χ0n) is 10.0. The summed E-state index contributed by atoms with van der Waals surface area (Å²) < 4.78 is 5.55. The number of hydrogen-bond acceptors (Lipinski definition) is 1. The average Bonchev–Trinajstić information content (AvgIpc) is 2.37. The Kier molecular flexibility index (Phi) is 13.6. The van der Waals surface area contributed by atoms with Gasteiger partial charge in [-0.3, -0.25) is 0 Å². The van der Waals surface area contributed by atoms with Gasteiger partial charge in [0.05, 0.1) is 0 Å². The third kappa shape index (κ3) is 9.51. The monoisotopic (exact) mass is 334 g/mol. The van der Waals surface area contributed by atoms with E-state index in [9.17, 15) is 0 Å². The molecule has 0 amide bonds. The van der Waals surface area contributed by atoms with Crippen molar-refractivity contribution in [3.8, 4) is 0 Å². The van der Waals surface area contributed by atoms with Gasteiger partial charge in [-0.25, -0.2) is 0 Å². The van der Waals surface area contributed by atoms with Crippen LogP contribution in [0.25, 0.3) is 0 Å². The van der Waals surface area contributed by atoms with E-state index < -0.39 is 0 Å². The molecule has 0 aliphatic rings. The molecule has 0 spiro atoms. The molecule has 1 rings (SSSR count). The molecule has 1 aromatic carbocycles. The molecule has 0 radical (unpaired) electrons. The summed E-state index contributed by atoms with van der Waals surface area (Å²) in [5, 5.41) is 0. The van der Waals surface area contributed by atoms with E-state index in [1.165, 1.54) is 47.6 Å². The quantitative estimate of drug-likeness (QED) is 0.407. The first-order valence-electron chi connectivity index (χ1n) is 5.73. The van der Waals surface area contributed by atoms with E-state index in [-0.39, 0.29) is 0 Å². The fourth-order valence-corrected chi connectivity index (χ4v) is 1.34. The third-order valence-electron chi connectivity index (χ3n) is 2.18. The van der Waals surface area contributed by atoms with Gasteiger partial charge in [0.2, 0.25) is 0 Å². The van der Waals surface area contributed by atoms with Crippen LogP contribution in [0.3, 0.4) is 0 Å². The molecule has 0 aromatic heterocycles. The van der Waals surface area contributed by atoms with Crippen molar-refractivity contribution >= 4 is 13.6 Å². The Morgan fingerprint density at radius 3 is 2.75 bits per heavy atom. The fraction of sp³-hybridized carbons (Fsp3) is 0.538. The van der Waals surface area contributed by atoms with Crippen molar-refractivity contribution in [3.05, 3.63) is 35.9 Å². The maximum atomic E-state index is 5.55. The predicted molar refractivity (Wildman–Crippen MR) is 68.0 cm³/mol. The Morgan fingerprint density at radius 1 is 1.31 bits per heavy atom. The molecule has 0 saturated heterocycles. The molecule has 3 heteroatoms. The van der Waals surface area contributed by atoms with Crippen molar-refractivity contribution in [1.82, 2.24) is 0 Å². The van der Waals surface area contributed by atoms with Gasteiger partial charge in [-0.2, -0.15) is 30.3 Å². The van der Waals surface area contributed by atoms with Gasteiger partial charge in [-0.15, -0.1) is 5.56 Å². The van der Waals surface area contributed by atoms with Crippen LogP contribution < -0.4 is 0 Å². The zero-order chi connectivity index (χ0) is 12.1. The van der Waals surface area contributed by atoms with Crippen LogP contribution in [0.4, 0.5) is 0 Å². The summed E-state index contributed by atoms with van der Waals surface area (Å²) in [6, 6.07) is 11.0. The average molecular weight is 337 g/mol. The maximum absolute atomic E-state index is 5.55. The molecule has 0 atom stereocenters. The van der Waals surface area contributed by atoms with Crippen LogP contribution in [0.1, 0.15) is 38.2 Å². The van der Waals surface area contributed by atoms with Gasteiger partial charge in [-0.1, -0.05) is 26.2 Å². The molecule has 0 fully saturated rings. The van der Waals surface area contributed by atoms with Crippen molar-refractivity contribution in [2.75, 3.05) is 6.61 Å². The molecular formula is C13H19BrOZn. The second-order valence-electron chi connectivity index (χ2n) is 3.52. The minimum atomic E-state index is 0.726. The van der Waals surface area contributed by atoms with Gasteiger partial charge >= 0.3 is 30.0 Å². The van der Waals surface area contributed by atoms with E-state index in [1.807, 2.05) is 18.2 Å². The number of halogens is 1. The summed E-state index contributed by atoms with van der Waals surface area (Å²) in [5.41, 5.74) is 1.21. The summed E-state index contributed by atoms with van der Waals surface area (Å²) in [7, 11) is 0. The molecule has 86 valence electrons. The van der Waals surface area contributed by atoms with Crippen LogP contribution in [0, 0.1) is 6.07 Å².